The quantitative estimate of drug-likeness (QED) is 0.886. The summed E-state index contributed by atoms with van der Waals surface area (Å²) in [6, 6.07) is 7.82. The molecule has 2 aliphatic rings. The van der Waals surface area contributed by atoms with E-state index in [1.807, 2.05) is 24.3 Å². The summed E-state index contributed by atoms with van der Waals surface area (Å²) < 4.78 is 5.43. The molecule has 1 aromatic carbocycles. The molecule has 2 fully saturated rings. The van der Waals surface area contributed by atoms with Gasteiger partial charge in [-0.1, -0.05) is 43.0 Å². The Morgan fingerprint density at radius 3 is 2.39 bits per heavy atom. The Morgan fingerprint density at radius 2 is 1.74 bits per heavy atom. The van der Waals surface area contributed by atoms with Gasteiger partial charge in [0.25, 0.3) is 0 Å². The van der Waals surface area contributed by atoms with E-state index in [-0.39, 0.29) is 0 Å². The Hall–Kier alpha value is -0.610. The smallest absolute Gasteiger partial charge is 0.0936 e. The van der Waals surface area contributed by atoms with Crippen LogP contribution in [0.15, 0.2) is 24.3 Å². The zero-order valence-corrected chi connectivity index (χ0v) is 14.6. The number of rotatable bonds is 5. The van der Waals surface area contributed by atoms with E-state index < -0.39 is 5.60 Å². The van der Waals surface area contributed by atoms with Crippen LogP contribution in [-0.4, -0.2) is 42.9 Å². The van der Waals surface area contributed by atoms with Crippen molar-refractivity contribution in [3.05, 3.63) is 34.9 Å². The van der Waals surface area contributed by atoms with Crippen LogP contribution in [0.1, 0.15) is 44.1 Å². The zero-order valence-electron chi connectivity index (χ0n) is 13.8. The largest absolute Gasteiger partial charge is 0.385 e. The molecule has 128 valence electrons. The molecule has 23 heavy (non-hydrogen) atoms. The molecule has 4 heteroatoms. The normalized spacial score (nSPS) is 23.6. The second kappa shape index (κ2) is 7.98. The standard InChI is InChI=1S/C19H28ClNO2/c20-18-8-6-17(7-9-18)19(22,16-4-2-1-3-5-16)10-11-21-12-14-23-15-13-21/h6-9,16,22H,1-5,10-15H2/t19-/m1/s1. The van der Waals surface area contributed by atoms with Crippen molar-refractivity contribution in [1.82, 2.24) is 4.90 Å². The lowest BCUT2D eigenvalue weighted by molar-refractivity contribution is -0.0581. The van der Waals surface area contributed by atoms with Crippen molar-refractivity contribution in [2.24, 2.45) is 5.92 Å². The fourth-order valence-electron chi connectivity index (χ4n) is 4.06. The molecule has 0 radical (unpaired) electrons. The molecule has 1 saturated carbocycles. The monoisotopic (exact) mass is 337 g/mol. The van der Waals surface area contributed by atoms with E-state index in [4.69, 9.17) is 16.3 Å². The molecular formula is C19H28ClNO2. The molecule has 1 aliphatic heterocycles. The molecule has 1 saturated heterocycles. The van der Waals surface area contributed by atoms with Gasteiger partial charge in [0.15, 0.2) is 0 Å². The van der Waals surface area contributed by atoms with Crippen molar-refractivity contribution in [3.63, 3.8) is 0 Å². The third-order valence-electron chi connectivity index (χ3n) is 5.54. The average Bonchev–Trinajstić information content (AvgIpc) is 2.62. The molecule has 3 nitrogen and oxygen atoms in total. The molecule has 0 amide bonds. The van der Waals surface area contributed by atoms with Crippen LogP contribution in [0.3, 0.4) is 0 Å². The predicted molar refractivity (Wildman–Crippen MR) is 93.8 cm³/mol. The van der Waals surface area contributed by atoms with Gasteiger partial charge in [-0.15, -0.1) is 0 Å². The lowest BCUT2D eigenvalue weighted by Crippen LogP contribution is -2.43. The van der Waals surface area contributed by atoms with E-state index >= 15 is 0 Å². The first-order valence-electron chi connectivity index (χ1n) is 8.97. The predicted octanol–water partition coefficient (Wildman–Crippen LogP) is 3.83. The average molecular weight is 338 g/mol. The fourth-order valence-corrected chi connectivity index (χ4v) is 4.18. The van der Waals surface area contributed by atoms with Crippen LogP contribution in [-0.2, 0) is 10.3 Å². The molecule has 1 aliphatic carbocycles. The third kappa shape index (κ3) is 4.27. The summed E-state index contributed by atoms with van der Waals surface area (Å²) in [6.45, 7) is 4.49. The summed E-state index contributed by atoms with van der Waals surface area (Å²) in [5, 5.41) is 12.4. The molecule has 0 unspecified atom stereocenters. The van der Waals surface area contributed by atoms with Gasteiger partial charge in [0.2, 0.25) is 0 Å². The summed E-state index contributed by atoms with van der Waals surface area (Å²) in [6.07, 6.45) is 6.82. The van der Waals surface area contributed by atoms with Gasteiger partial charge in [0, 0.05) is 24.7 Å². The van der Waals surface area contributed by atoms with Gasteiger partial charge in [-0.25, -0.2) is 0 Å². The van der Waals surface area contributed by atoms with Crippen LogP contribution in [0.2, 0.25) is 5.02 Å². The maximum Gasteiger partial charge on any atom is 0.0936 e. The van der Waals surface area contributed by atoms with Gasteiger partial charge in [-0.3, -0.25) is 4.90 Å². The highest BCUT2D eigenvalue weighted by Gasteiger charge is 2.39. The molecule has 0 spiro atoms. The van der Waals surface area contributed by atoms with E-state index in [1.165, 1.54) is 19.3 Å². The molecule has 3 rings (SSSR count). The lowest BCUT2D eigenvalue weighted by Gasteiger charge is -2.40. The van der Waals surface area contributed by atoms with Crippen LogP contribution in [0.25, 0.3) is 0 Å². The molecule has 1 aromatic rings. The molecular weight excluding hydrogens is 310 g/mol. The molecule has 1 heterocycles. The number of halogens is 1. The zero-order chi connectivity index (χ0) is 16.1. The van der Waals surface area contributed by atoms with Gasteiger partial charge in [-0.05, 0) is 42.9 Å². The highest BCUT2D eigenvalue weighted by molar-refractivity contribution is 6.30. The van der Waals surface area contributed by atoms with Gasteiger partial charge in [0.1, 0.15) is 0 Å². The molecule has 0 bridgehead atoms. The lowest BCUT2D eigenvalue weighted by atomic mass is 9.71. The Morgan fingerprint density at radius 1 is 1.09 bits per heavy atom. The van der Waals surface area contributed by atoms with Gasteiger partial charge >= 0.3 is 0 Å². The SMILES string of the molecule is O[C@@](CCN1CCOCC1)(c1ccc(Cl)cc1)C1CCCCC1. The van der Waals surface area contributed by atoms with E-state index in [0.717, 1.165) is 62.7 Å². The van der Waals surface area contributed by atoms with Crippen molar-refractivity contribution in [2.75, 3.05) is 32.8 Å². The number of benzene rings is 1. The minimum absolute atomic E-state index is 0.360. The minimum atomic E-state index is -0.733. The maximum atomic E-state index is 11.6. The van der Waals surface area contributed by atoms with Crippen LogP contribution >= 0.6 is 11.6 Å². The molecule has 1 N–H and O–H groups in total. The summed E-state index contributed by atoms with van der Waals surface area (Å²) in [5.41, 5.74) is 0.297. The number of ether oxygens (including phenoxy) is 1. The Labute approximate surface area is 144 Å². The van der Waals surface area contributed by atoms with Crippen molar-refractivity contribution >= 4 is 11.6 Å². The van der Waals surface area contributed by atoms with Gasteiger partial charge in [-0.2, -0.15) is 0 Å². The Bertz CT molecular complexity index is 481. The summed E-state index contributed by atoms with van der Waals surface area (Å²) >= 11 is 6.04. The number of hydrogen-bond acceptors (Lipinski definition) is 3. The van der Waals surface area contributed by atoms with Crippen molar-refractivity contribution < 1.29 is 9.84 Å². The highest BCUT2D eigenvalue weighted by atomic mass is 35.5. The molecule has 0 aromatic heterocycles. The second-order valence-corrected chi connectivity index (χ2v) is 7.41. The molecule has 1 atom stereocenters. The first-order valence-corrected chi connectivity index (χ1v) is 9.35. The van der Waals surface area contributed by atoms with Gasteiger partial charge in [0.05, 0.1) is 18.8 Å². The van der Waals surface area contributed by atoms with Crippen LogP contribution in [0, 0.1) is 5.92 Å². The van der Waals surface area contributed by atoms with E-state index in [0.29, 0.717) is 5.92 Å². The third-order valence-corrected chi connectivity index (χ3v) is 5.79. The summed E-state index contributed by atoms with van der Waals surface area (Å²) in [7, 11) is 0. The van der Waals surface area contributed by atoms with Crippen molar-refractivity contribution in [2.45, 2.75) is 44.1 Å². The van der Waals surface area contributed by atoms with E-state index in [1.54, 1.807) is 0 Å². The second-order valence-electron chi connectivity index (χ2n) is 6.97. The van der Waals surface area contributed by atoms with E-state index in [9.17, 15) is 5.11 Å². The van der Waals surface area contributed by atoms with Crippen LogP contribution < -0.4 is 0 Å². The van der Waals surface area contributed by atoms with E-state index in [2.05, 4.69) is 4.90 Å². The Balaban J connectivity index is 1.75. The summed E-state index contributed by atoms with van der Waals surface area (Å²) in [5.74, 6) is 0.360. The van der Waals surface area contributed by atoms with Gasteiger partial charge < -0.3 is 9.84 Å². The first-order chi connectivity index (χ1) is 11.2. The van der Waals surface area contributed by atoms with Crippen molar-refractivity contribution in [3.8, 4) is 0 Å². The number of aliphatic hydroxyl groups is 1. The van der Waals surface area contributed by atoms with Crippen molar-refractivity contribution in [1.29, 1.82) is 0 Å². The minimum Gasteiger partial charge on any atom is -0.385 e. The number of morpholine rings is 1. The fraction of sp³-hybridized carbons (Fsp3) is 0.684. The van der Waals surface area contributed by atoms with Crippen LogP contribution in [0.4, 0.5) is 0 Å². The number of nitrogens with zero attached hydrogens (tertiary/aromatic N) is 1. The highest BCUT2D eigenvalue weighted by Crippen LogP contribution is 2.42. The number of hydrogen-bond donors (Lipinski definition) is 1. The maximum absolute atomic E-state index is 11.6. The first kappa shape index (κ1) is 17.2. The Kier molecular flexibility index (Phi) is 5.97. The van der Waals surface area contributed by atoms with Crippen LogP contribution in [0.5, 0.6) is 0 Å². The summed E-state index contributed by atoms with van der Waals surface area (Å²) in [4.78, 5) is 2.41. The topological polar surface area (TPSA) is 32.7 Å².